The van der Waals surface area contributed by atoms with Gasteiger partial charge in [0.25, 0.3) is 5.91 Å². The van der Waals surface area contributed by atoms with Crippen LogP contribution in [0, 0.1) is 0 Å². The number of para-hydroxylation sites is 1. The van der Waals surface area contributed by atoms with Crippen molar-refractivity contribution in [3.05, 3.63) is 59.7 Å². The molecule has 1 amide bonds. The van der Waals surface area contributed by atoms with Crippen LogP contribution in [0.5, 0.6) is 0 Å². The molecular formula is C18H18N2O6S. The summed E-state index contributed by atoms with van der Waals surface area (Å²) in [6.07, 6.45) is 0.956. The summed E-state index contributed by atoms with van der Waals surface area (Å²) >= 11 is 0. The van der Waals surface area contributed by atoms with E-state index in [1.54, 1.807) is 24.3 Å². The second-order valence-electron chi connectivity index (χ2n) is 5.68. The molecule has 9 heteroatoms. The number of ether oxygens (including phenoxy) is 1. The third kappa shape index (κ3) is 6.23. The number of amides is 1. The quantitative estimate of drug-likeness (QED) is 0.552. The summed E-state index contributed by atoms with van der Waals surface area (Å²) < 4.78 is 29.9. The van der Waals surface area contributed by atoms with Crippen molar-refractivity contribution in [3.63, 3.8) is 0 Å². The molecule has 142 valence electrons. The summed E-state index contributed by atoms with van der Waals surface area (Å²) in [6.45, 7) is 0.834. The van der Waals surface area contributed by atoms with Crippen molar-refractivity contribution in [2.45, 2.75) is 6.92 Å². The summed E-state index contributed by atoms with van der Waals surface area (Å²) in [5, 5.41) is 2.52. The van der Waals surface area contributed by atoms with Gasteiger partial charge in [0.1, 0.15) is 0 Å². The predicted molar refractivity (Wildman–Crippen MR) is 100 cm³/mol. The van der Waals surface area contributed by atoms with E-state index in [1.165, 1.54) is 31.2 Å². The fraction of sp³-hybridized carbons (Fsp3) is 0.167. The highest BCUT2D eigenvalue weighted by atomic mass is 32.2. The van der Waals surface area contributed by atoms with Crippen LogP contribution in [0.1, 0.15) is 27.6 Å². The molecule has 0 aliphatic heterocycles. The van der Waals surface area contributed by atoms with Crippen LogP contribution in [0.3, 0.4) is 0 Å². The molecule has 2 aromatic rings. The minimum Gasteiger partial charge on any atom is -0.452 e. The number of esters is 1. The van der Waals surface area contributed by atoms with Gasteiger partial charge in [0.2, 0.25) is 10.0 Å². The minimum absolute atomic E-state index is 0.0192. The van der Waals surface area contributed by atoms with Crippen LogP contribution in [-0.4, -0.2) is 38.9 Å². The topological polar surface area (TPSA) is 119 Å². The Hall–Kier alpha value is -3.20. The molecule has 0 saturated carbocycles. The first-order chi connectivity index (χ1) is 12.7. The maximum atomic E-state index is 12.2. The third-order valence-corrected chi connectivity index (χ3v) is 3.92. The van der Waals surface area contributed by atoms with Gasteiger partial charge in [-0.05, 0) is 31.2 Å². The number of Topliss-reactive ketones (excluding diaryl/α,β-unsaturated/α-hetero) is 1. The van der Waals surface area contributed by atoms with Gasteiger partial charge in [-0.25, -0.2) is 13.2 Å². The van der Waals surface area contributed by atoms with Gasteiger partial charge in [0, 0.05) is 11.3 Å². The molecule has 0 atom stereocenters. The summed E-state index contributed by atoms with van der Waals surface area (Å²) in [6, 6.07) is 12.2. The zero-order valence-corrected chi connectivity index (χ0v) is 15.5. The molecule has 0 bridgehead atoms. The molecule has 27 heavy (non-hydrogen) atoms. The van der Waals surface area contributed by atoms with Crippen LogP contribution in [0.4, 0.5) is 11.4 Å². The number of hydrogen-bond donors (Lipinski definition) is 2. The number of nitrogens with one attached hydrogen (secondary N) is 2. The average Bonchev–Trinajstić information content (AvgIpc) is 2.59. The van der Waals surface area contributed by atoms with E-state index in [2.05, 4.69) is 10.0 Å². The van der Waals surface area contributed by atoms with Gasteiger partial charge in [-0.3, -0.25) is 14.3 Å². The van der Waals surface area contributed by atoms with Crippen LogP contribution < -0.4 is 10.0 Å². The molecule has 0 aliphatic rings. The first-order valence-electron chi connectivity index (χ1n) is 7.80. The van der Waals surface area contributed by atoms with Crippen LogP contribution in [0.25, 0.3) is 0 Å². The average molecular weight is 390 g/mol. The number of anilines is 2. The Morgan fingerprint density at radius 3 is 2.41 bits per heavy atom. The summed E-state index contributed by atoms with van der Waals surface area (Å²) in [7, 11) is -3.58. The number of benzene rings is 2. The van der Waals surface area contributed by atoms with E-state index in [0.29, 0.717) is 11.3 Å². The maximum absolute atomic E-state index is 12.2. The molecule has 0 saturated heterocycles. The van der Waals surface area contributed by atoms with Gasteiger partial charge >= 0.3 is 5.97 Å². The van der Waals surface area contributed by atoms with Crippen LogP contribution in [0.15, 0.2) is 48.5 Å². The van der Waals surface area contributed by atoms with E-state index >= 15 is 0 Å². The second kappa shape index (κ2) is 8.45. The lowest BCUT2D eigenvalue weighted by Gasteiger charge is -2.11. The number of carbonyl (C=O) groups is 3. The first kappa shape index (κ1) is 20.1. The van der Waals surface area contributed by atoms with Crippen molar-refractivity contribution < 1.29 is 27.5 Å². The summed E-state index contributed by atoms with van der Waals surface area (Å²) in [5.74, 6) is -1.60. The third-order valence-electron chi connectivity index (χ3n) is 3.33. The lowest BCUT2D eigenvalue weighted by molar-refractivity contribution is -0.119. The molecule has 2 rings (SSSR count). The van der Waals surface area contributed by atoms with Crippen LogP contribution in [0.2, 0.25) is 0 Å². The molecule has 0 radical (unpaired) electrons. The molecule has 0 aliphatic carbocycles. The van der Waals surface area contributed by atoms with E-state index in [0.717, 1.165) is 6.26 Å². The minimum atomic E-state index is -3.58. The molecule has 0 fully saturated rings. The summed E-state index contributed by atoms with van der Waals surface area (Å²) in [5.41, 5.74) is 0.863. The largest absolute Gasteiger partial charge is 0.452 e. The van der Waals surface area contributed by atoms with E-state index in [1.807, 2.05) is 0 Å². The SMILES string of the molecule is CC(=O)c1cccc(NC(=O)COC(=O)c2ccccc2NS(C)(=O)=O)c1. The zero-order valence-electron chi connectivity index (χ0n) is 14.7. The van der Waals surface area contributed by atoms with Crippen molar-refractivity contribution in [1.82, 2.24) is 0 Å². The van der Waals surface area contributed by atoms with Gasteiger partial charge in [-0.15, -0.1) is 0 Å². The van der Waals surface area contributed by atoms with Crippen molar-refractivity contribution in [2.24, 2.45) is 0 Å². The molecular weight excluding hydrogens is 372 g/mol. The predicted octanol–water partition coefficient (Wildman–Crippen LogP) is 2.06. The van der Waals surface area contributed by atoms with Gasteiger partial charge in [0.15, 0.2) is 12.4 Å². The molecule has 0 unspecified atom stereocenters. The van der Waals surface area contributed by atoms with Crippen LogP contribution in [-0.2, 0) is 19.6 Å². The Balaban J connectivity index is 2.01. The number of carbonyl (C=O) groups excluding carboxylic acids is 3. The van der Waals surface area contributed by atoms with Gasteiger partial charge in [-0.2, -0.15) is 0 Å². The molecule has 8 nitrogen and oxygen atoms in total. The Bertz CT molecular complexity index is 985. The van der Waals surface area contributed by atoms with E-state index in [4.69, 9.17) is 4.74 Å². The van der Waals surface area contributed by atoms with Gasteiger partial charge in [0.05, 0.1) is 17.5 Å². The van der Waals surface area contributed by atoms with Crippen molar-refractivity contribution in [1.29, 1.82) is 0 Å². The van der Waals surface area contributed by atoms with Crippen LogP contribution >= 0.6 is 0 Å². The fourth-order valence-electron chi connectivity index (χ4n) is 2.17. The lowest BCUT2D eigenvalue weighted by atomic mass is 10.1. The molecule has 0 heterocycles. The Morgan fingerprint density at radius 2 is 1.74 bits per heavy atom. The van der Waals surface area contributed by atoms with Gasteiger partial charge in [-0.1, -0.05) is 24.3 Å². The highest BCUT2D eigenvalue weighted by Gasteiger charge is 2.16. The standard InChI is InChI=1S/C18H18N2O6S/c1-12(21)13-6-5-7-14(10-13)19-17(22)11-26-18(23)15-8-3-4-9-16(15)20-27(2,24)25/h3-10,20H,11H2,1-2H3,(H,19,22). The maximum Gasteiger partial charge on any atom is 0.340 e. The highest BCUT2D eigenvalue weighted by molar-refractivity contribution is 7.92. The first-order valence-corrected chi connectivity index (χ1v) is 9.69. The fourth-order valence-corrected chi connectivity index (χ4v) is 2.75. The smallest absolute Gasteiger partial charge is 0.340 e. The lowest BCUT2D eigenvalue weighted by Crippen LogP contribution is -2.22. The monoisotopic (exact) mass is 390 g/mol. The molecule has 2 N–H and O–H groups in total. The number of hydrogen-bond acceptors (Lipinski definition) is 6. The number of ketones is 1. The Morgan fingerprint density at radius 1 is 1.04 bits per heavy atom. The second-order valence-corrected chi connectivity index (χ2v) is 7.43. The zero-order chi connectivity index (χ0) is 20.0. The van der Waals surface area contributed by atoms with E-state index < -0.39 is 28.5 Å². The Labute approximate surface area is 156 Å². The van der Waals surface area contributed by atoms with Crippen molar-refractivity contribution in [2.75, 3.05) is 22.9 Å². The number of sulfonamides is 1. The summed E-state index contributed by atoms with van der Waals surface area (Å²) in [4.78, 5) is 35.5. The molecule has 0 aromatic heterocycles. The van der Waals surface area contributed by atoms with Gasteiger partial charge < -0.3 is 10.1 Å². The molecule has 2 aromatic carbocycles. The van der Waals surface area contributed by atoms with E-state index in [-0.39, 0.29) is 17.0 Å². The number of rotatable bonds is 7. The normalized spacial score (nSPS) is 10.7. The van der Waals surface area contributed by atoms with Crippen molar-refractivity contribution >= 4 is 39.1 Å². The Kier molecular flexibility index (Phi) is 6.30. The molecule has 0 spiro atoms. The van der Waals surface area contributed by atoms with Crippen molar-refractivity contribution in [3.8, 4) is 0 Å². The highest BCUT2D eigenvalue weighted by Crippen LogP contribution is 2.17. The van der Waals surface area contributed by atoms with E-state index in [9.17, 15) is 22.8 Å².